The Labute approximate surface area is 152 Å². The van der Waals surface area contributed by atoms with E-state index >= 15 is 0 Å². The summed E-state index contributed by atoms with van der Waals surface area (Å²) in [6, 6.07) is 16.1. The third-order valence-electron chi connectivity index (χ3n) is 3.85. The van der Waals surface area contributed by atoms with Crippen LogP contribution >= 0.6 is 11.3 Å². The first-order chi connectivity index (χ1) is 12.3. The molecule has 25 heavy (non-hydrogen) atoms. The second kappa shape index (κ2) is 9.08. The van der Waals surface area contributed by atoms with Crippen LogP contribution in [0.2, 0.25) is 0 Å². The number of thiazole rings is 1. The van der Waals surface area contributed by atoms with Gasteiger partial charge >= 0.3 is 0 Å². The van der Waals surface area contributed by atoms with Crippen LogP contribution in [-0.2, 0) is 17.6 Å². The van der Waals surface area contributed by atoms with Crippen molar-refractivity contribution in [2.24, 2.45) is 0 Å². The van der Waals surface area contributed by atoms with Gasteiger partial charge in [0.25, 0.3) is 0 Å². The Kier molecular flexibility index (Phi) is 6.29. The molecule has 128 valence electrons. The second-order valence-electron chi connectivity index (χ2n) is 5.80. The minimum absolute atomic E-state index is 0.0837. The second-order valence-corrected chi connectivity index (χ2v) is 6.66. The van der Waals surface area contributed by atoms with Gasteiger partial charge in [0.15, 0.2) is 0 Å². The molecule has 3 rings (SSSR count). The van der Waals surface area contributed by atoms with Gasteiger partial charge in [-0.2, -0.15) is 0 Å². The number of carbonyl (C=O) groups is 1. The molecule has 1 aromatic carbocycles. The maximum Gasteiger partial charge on any atom is 0.220 e. The summed E-state index contributed by atoms with van der Waals surface area (Å²) in [7, 11) is 0. The standard InChI is InChI=1S/C20H21N3OS/c24-19(22-14-6-9-16-7-2-1-3-8-16)12-11-17-15-25-20(23-17)18-10-4-5-13-21-18/h1-5,7-8,10,13,15H,6,9,11-12,14H2,(H,22,24). The van der Waals surface area contributed by atoms with Crippen LogP contribution < -0.4 is 5.32 Å². The van der Waals surface area contributed by atoms with Crippen molar-refractivity contribution in [1.82, 2.24) is 15.3 Å². The van der Waals surface area contributed by atoms with Crippen molar-refractivity contribution in [1.29, 1.82) is 0 Å². The van der Waals surface area contributed by atoms with E-state index in [0.29, 0.717) is 19.4 Å². The molecular weight excluding hydrogens is 330 g/mol. The molecule has 0 fully saturated rings. The maximum atomic E-state index is 12.0. The molecule has 0 saturated heterocycles. The van der Waals surface area contributed by atoms with Crippen LogP contribution in [0.3, 0.4) is 0 Å². The number of hydrogen-bond donors (Lipinski definition) is 1. The zero-order valence-corrected chi connectivity index (χ0v) is 14.8. The highest BCUT2D eigenvalue weighted by Crippen LogP contribution is 2.21. The Bertz CT molecular complexity index is 787. The Morgan fingerprint density at radius 3 is 2.68 bits per heavy atom. The molecule has 1 N–H and O–H groups in total. The van der Waals surface area contributed by atoms with Gasteiger partial charge in [-0.05, 0) is 37.0 Å². The Hall–Kier alpha value is -2.53. The smallest absolute Gasteiger partial charge is 0.220 e. The SMILES string of the molecule is O=C(CCc1csc(-c2ccccn2)n1)NCCCc1ccccc1. The van der Waals surface area contributed by atoms with Crippen LogP contribution in [0.5, 0.6) is 0 Å². The highest BCUT2D eigenvalue weighted by atomic mass is 32.1. The molecule has 3 aromatic rings. The fourth-order valence-corrected chi connectivity index (χ4v) is 3.35. The lowest BCUT2D eigenvalue weighted by atomic mass is 10.1. The van der Waals surface area contributed by atoms with Gasteiger partial charge in [0.05, 0.1) is 11.4 Å². The van der Waals surface area contributed by atoms with Crippen LogP contribution in [0, 0.1) is 0 Å². The lowest BCUT2D eigenvalue weighted by Crippen LogP contribution is -2.25. The number of nitrogens with one attached hydrogen (secondary N) is 1. The summed E-state index contributed by atoms with van der Waals surface area (Å²) in [5.74, 6) is 0.0837. The number of aromatic nitrogens is 2. The fraction of sp³-hybridized carbons (Fsp3) is 0.250. The summed E-state index contributed by atoms with van der Waals surface area (Å²) in [5.41, 5.74) is 3.13. The molecule has 2 heterocycles. The molecule has 0 aliphatic rings. The molecule has 0 radical (unpaired) electrons. The minimum atomic E-state index is 0.0837. The van der Waals surface area contributed by atoms with Gasteiger partial charge in [-0.3, -0.25) is 9.78 Å². The van der Waals surface area contributed by atoms with Gasteiger partial charge in [-0.25, -0.2) is 4.98 Å². The van der Waals surface area contributed by atoms with Crippen LogP contribution in [-0.4, -0.2) is 22.4 Å². The van der Waals surface area contributed by atoms with Gasteiger partial charge in [-0.15, -0.1) is 11.3 Å². The molecule has 5 heteroatoms. The Morgan fingerprint density at radius 2 is 1.88 bits per heavy atom. The molecule has 0 bridgehead atoms. The van der Waals surface area contributed by atoms with E-state index in [4.69, 9.17) is 0 Å². The van der Waals surface area contributed by atoms with Crippen LogP contribution in [0.25, 0.3) is 10.7 Å². The van der Waals surface area contributed by atoms with E-state index in [2.05, 4.69) is 27.4 Å². The zero-order chi connectivity index (χ0) is 17.3. The molecular formula is C20H21N3OS. The first kappa shape index (κ1) is 17.3. The first-order valence-corrected chi connectivity index (χ1v) is 9.35. The van der Waals surface area contributed by atoms with E-state index in [-0.39, 0.29) is 5.91 Å². The van der Waals surface area contributed by atoms with E-state index < -0.39 is 0 Å². The van der Waals surface area contributed by atoms with E-state index in [1.54, 1.807) is 17.5 Å². The quantitative estimate of drug-likeness (QED) is 0.627. The number of rotatable bonds is 8. The minimum Gasteiger partial charge on any atom is -0.356 e. The van der Waals surface area contributed by atoms with Gasteiger partial charge in [-0.1, -0.05) is 36.4 Å². The van der Waals surface area contributed by atoms with Gasteiger partial charge in [0.1, 0.15) is 5.01 Å². The molecule has 2 aromatic heterocycles. The zero-order valence-electron chi connectivity index (χ0n) is 14.0. The highest BCUT2D eigenvalue weighted by molar-refractivity contribution is 7.13. The van der Waals surface area contributed by atoms with Crippen LogP contribution in [0.1, 0.15) is 24.1 Å². The van der Waals surface area contributed by atoms with Gasteiger partial charge in [0, 0.05) is 24.5 Å². The predicted octanol–water partition coefficient (Wildman–Crippen LogP) is 3.89. The number of amides is 1. The maximum absolute atomic E-state index is 12.0. The van der Waals surface area contributed by atoms with Crippen molar-refractivity contribution in [3.8, 4) is 10.7 Å². The largest absolute Gasteiger partial charge is 0.356 e. The molecule has 0 aliphatic heterocycles. The normalized spacial score (nSPS) is 10.6. The average molecular weight is 351 g/mol. The summed E-state index contributed by atoms with van der Waals surface area (Å²) in [4.78, 5) is 20.8. The lowest BCUT2D eigenvalue weighted by molar-refractivity contribution is -0.121. The van der Waals surface area contributed by atoms with E-state index in [1.165, 1.54) is 5.56 Å². The number of pyridine rings is 1. The fourth-order valence-electron chi connectivity index (χ4n) is 2.52. The highest BCUT2D eigenvalue weighted by Gasteiger charge is 2.07. The van der Waals surface area contributed by atoms with E-state index in [9.17, 15) is 4.79 Å². The Balaban J connectivity index is 1.37. The summed E-state index contributed by atoms with van der Waals surface area (Å²) in [5, 5.41) is 5.89. The Morgan fingerprint density at radius 1 is 1.04 bits per heavy atom. The van der Waals surface area contributed by atoms with Crippen molar-refractivity contribution in [2.75, 3.05) is 6.54 Å². The molecule has 4 nitrogen and oxygen atoms in total. The number of benzene rings is 1. The third kappa shape index (κ3) is 5.50. The number of nitrogens with zero attached hydrogens (tertiary/aromatic N) is 2. The van der Waals surface area contributed by atoms with Crippen molar-refractivity contribution in [3.63, 3.8) is 0 Å². The van der Waals surface area contributed by atoms with Gasteiger partial charge in [0.2, 0.25) is 5.91 Å². The molecule has 1 amide bonds. The lowest BCUT2D eigenvalue weighted by Gasteiger charge is -2.04. The first-order valence-electron chi connectivity index (χ1n) is 8.48. The average Bonchev–Trinajstić information content (AvgIpc) is 3.14. The van der Waals surface area contributed by atoms with E-state index in [1.807, 2.05) is 41.8 Å². The summed E-state index contributed by atoms with van der Waals surface area (Å²) in [6.07, 6.45) is 4.83. The predicted molar refractivity (Wildman–Crippen MR) is 101 cm³/mol. The number of hydrogen-bond acceptors (Lipinski definition) is 4. The van der Waals surface area contributed by atoms with Crippen molar-refractivity contribution >= 4 is 17.2 Å². The van der Waals surface area contributed by atoms with Crippen LogP contribution in [0.4, 0.5) is 0 Å². The third-order valence-corrected chi connectivity index (χ3v) is 4.76. The molecule has 0 spiro atoms. The monoisotopic (exact) mass is 351 g/mol. The summed E-state index contributed by atoms with van der Waals surface area (Å²) >= 11 is 1.57. The van der Waals surface area contributed by atoms with Crippen molar-refractivity contribution < 1.29 is 4.79 Å². The van der Waals surface area contributed by atoms with Gasteiger partial charge < -0.3 is 5.32 Å². The summed E-state index contributed by atoms with van der Waals surface area (Å²) < 4.78 is 0. The van der Waals surface area contributed by atoms with Crippen molar-refractivity contribution in [2.45, 2.75) is 25.7 Å². The number of aryl methyl sites for hydroxylation is 2. The summed E-state index contributed by atoms with van der Waals surface area (Å²) in [6.45, 7) is 0.712. The topological polar surface area (TPSA) is 54.9 Å². The van der Waals surface area contributed by atoms with Crippen molar-refractivity contribution in [3.05, 3.63) is 71.4 Å². The molecule has 0 aliphatic carbocycles. The molecule has 0 unspecified atom stereocenters. The van der Waals surface area contributed by atoms with Crippen LogP contribution in [0.15, 0.2) is 60.1 Å². The molecule has 0 saturated carbocycles. The van der Waals surface area contributed by atoms with E-state index in [0.717, 1.165) is 29.2 Å². The molecule has 0 atom stereocenters. The number of carbonyl (C=O) groups excluding carboxylic acids is 1.